The van der Waals surface area contributed by atoms with E-state index >= 15 is 0 Å². The molecule has 0 heterocycles. The Morgan fingerprint density at radius 2 is 2.00 bits per heavy atom. The van der Waals surface area contributed by atoms with E-state index in [9.17, 15) is 0 Å². The first-order chi connectivity index (χ1) is 8.36. The summed E-state index contributed by atoms with van der Waals surface area (Å²) in [5.41, 5.74) is 6.62. The van der Waals surface area contributed by atoms with Crippen LogP contribution in [0.1, 0.15) is 12.0 Å². The lowest BCUT2D eigenvalue weighted by Crippen LogP contribution is -1.95. The fourth-order valence-corrected chi connectivity index (χ4v) is 1.92. The minimum atomic E-state index is 0.670. The van der Waals surface area contributed by atoms with Crippen LogP contribution in [-0.4, -0.2) is 13.7 Å². The maximum Gasteiger partial charge on any atom is 0.126 e. The second kappa shape index (κ2) is 5.51. The highest BCUT2D eigenvalue weighted by Gasteiger charge is 2.04. The molecule has 2 aromatic carbocycles. The average molecular weight is 227 g/mol. The third-order valence-corrected chi connectivity index (χ3v) is 2.77. The highest BCUT2D eigenvalue weighted by Crippen LogP contribution is 2.29. The lowest BCUT2D eigenvalue weighted by Gasteiger charge is -2.08. The van der Waals surface area contributed by atoms with E-state index in [0.29, 0.717) is 6.54 Å². The molecule has 0 aliphatic rings. The Hall–Kier alpha value is -1.80. The summed E-state index contributed by atoms with van der Waals surface area (Å²) in [7, 11) is 1.70. The third-order valence-electron chi connectivity index (χ3n) is 2.77. The molecule has 2 rings (SSSR count). The Labute approximate surface area is 102 Å². The van der Waals surface area contributed by atoms with E-state index in [1.165, 1.54) is 10.8 Å². The van der Waals surface area contributed by atoms with Gasteiger partial charge in [-0.3, -0.25) is 0 Å². The minimum absolute atomic E-state index is 0.670. The first kappa shape index (κ1) is 11.7. The number of ether oxygens (including phenoxy) is 1. The molecule has 0 aliphatic heterocycles. The zero-order valence-electron chi connectivity index (χ0n) is 10.0. The third kappa shape index (κ3) is 2.48. The molecule has 0 fully saturated rings. The quantitative estimate of drug-likeness (QED) is 0.870. The predicted octanol–water partition coefficient (Wildman–Crippen LogP) is 3.21. The Balaban J connectivity index is 2.55. The molecule has 2 heteroatoms. The van der Waals surface area contributed by atoms with Crippen LogP contribution in [0.25, 0.3) is 16.8 Å². The second-order valence-corrected chi connectivity index (χ2v) is 3.88. The van der Waals surface area contributed by atoms with Gasteiger partial charge in [0, 0.05) is 5.56 Å². The number of benzene rings is 2. The van der Waals surface area contributed by atoms with Crippen molar-refractivity contribution in [2.24, 2.45) is 5.73 Å². The fraction of sp³-hybridized carbons (Fsp3) is 0.200. The van der Waals surface area contributed by atoms with Crippen molar-refractivity contribution in [1.29, 1.82) is 0 Å². The predicted molar refractivity (Wildman–Crippen MR) is 73.2 cm³/mol. The van der Waals surface area contributed by atoms with Crippen molar-refractivity contribution >= 4 is 16.8 Å². The van der Waals surface area contributed by atoms with Gasteiger partial charge in [0.15, 0.2) is 0 Å². The Morgan fingerprint density at radius 1 is 1.18 bits per heavy atom. The number of rotatable bonds is 4. The lowest BCUT2D eigenvalue weighted by molar-refractivity contribution is 0.414. The van der Waals surface area contributed by atoms with E-state index in [1.54, 1.807) is 7.11 Å². The van der Waals surface area contributed by atoms with Crippen molar-refractivity contribution in [3.8, 4) is 5.75 Å². The first-order valence-electron chi connectivity index (χ1n) is 5.79. The fourth-order valence-electron chi connectivity index (χ4n) is 1.92. The summed E-state index contributed by atoms with van der Waals surface area (Å²) in [5.74, 6) is 0.900. The number of hydrogen-bond donors (Lipinski definition) is 1. The molecule has 0 atom stereocenters. The van der Waals surface area contributed by atoms with Crippen molar-refractivity contribution in [3.05, 3.63) is 48.0 Å². The van der Waals surface area contributed by atoms with Crippen LogP contribution in [0.2, 0.25) is 0 Å². The number of methoxy groups -OCH3 is 1. The number of nitrogens with two attached hydrogens (primary N) is 1. The maximum absolute atomic E-state index is 5.49. The van der Waals surface area contributed by atoms with Gasteiger partial charge >= 0.3 is 0 Å². The van der Waals surface area contributed by atoms with E-state index in [0.717, 1.165) is 17.7 Å². The molecule has 0 saturated carbocycles. The summed E-state index contributed by atoms with van der Waals surface area (Å²) in [6.45, 7) is 0.670. The molecule has 88 valence electrons. The van der Waals surface area contributed by atoms with Gasteiger partial charge < -0.3 is 10.5 Å². The van der Waals surface area contributed by atoms with Crippen molar-refractivity contribution in [2.45, 2.75) is 6.42 Å². The number of hydrogen-bond acceptors (Lipinski definition) is 2. The monoisotopic (exact) mass is 227 g/mol. The molecule has 2 N–H and O–H groups in total. The summed E-state index contributed by atoms with van der Waals surface area (Å²) < 4.78 is 5.40. The van der Waals surface area contributed by atoms with Crippen molar-refractivity contribution < 1.29 is 4.74 Å². The smallest absolute Gasteiger partial charge is 0.126 e. The van der Waals surface area contributed by atoms with Gasteiger partial charge in [-0.25, -0.2) is 0 Å². The summed E-state index contributed by atoms with van der Waals surface area (Å²) in [5, 5.41) is 2.43. The van der Waals surface area contributed by atoms with Gasteiger partial charge in [-0.1, -0.05) is 42.5 Å². The molecular weight excluding hydrogens is 210 g/mol. The van der Waals surface area contributed by atoms with Crippen molar-refractivity contribution in [2.75, 3.05) is 13.7 Å². The summed E-state index contributed by atoms with van der Waals surface area (Å²) in [6, 6.07) is 12.4. The highest BCUT2D eigenvalue weighted by atomic mass is 16.5. The van der Waals surface area contributed by atoms with Gasteiger partial charge in [-0.2, -0.15) is 0 Å². The molecule has 0 spiro atoms. The molecule has 0 saturated heterocycles. The normalized spacial score (nSPS) is 11.2. The largest absolute Gasteiger partial charge is 0.496 e. The standard InChI is InChI=1S/C15H17NO/c1-17-15-10-9-12-6-2-3-7-13(12)14(15)8-4-5-11-16/h2-4,6-10H,5,11,16H2,1H3. The van der Waals surface area contributed by atoms with Crippen LogP contribution in [0.3, 0.4) is 0 Å². The van der Waals surface area contributed by atoms with Gasteiger partial charge in [-0.15, -0.1) is 0 Å². The topological polar surface area (TPSA) is 35.2 Å². The lowest BCUT2D eigenvalue weighted by atomic mass is 10.0. The SMILES string of the molecule is COc1ccc2ccccc2c1C=CCCN. The molecule has 0 bridgehead atoms. The van der Waals surface area contributed by atoms with Gasteiger partial charge in [0.05, 0.1) is 7.11 Å². The maximum atomic E-state index is 5.49. The summed E-state index contributed by atoms with van der Waals surface area (Å²) in [4.78, 5) is 0. The molecule has 0 radical (unpaired) electrons. The van der Waals surface area contributed by atoms with Gasteiger partial charge in [0.1, 0.15) is 5.75 Å². The van der Waals surface area contributed by atoms with Crippen LogP contribution in [0.15, 0.2) is 42.5 Å². The van der Waals surface area contributed by atoms with E-state index in [1.807, 2.05) is 18.2 Å². The zero-order valence-corrected chi connectivity index (χ0v) is 10.0. The second-order valence-electron chi connectivity index (χ2n) is 3.88. The molecule has 0 aromatic heterocycles. The van der Waals surface area contributed by atoms with E-state index in [2.05, 4.69) is 30.4 Å². The summed E-state index contributed by atoms with van der Waals surface area (Å²) >= 11 is 0. The Kier molecular flexibility index (Phi) is 3.78. The molecule has 2 aromatic rings. The molecule has 0 amide bonds. The molecule has 0 unspecified atom stereocenters. The number of fused-ring (bicyclic) bond motifs is 1. The molecule has 0 aliphatic carbocycles. The first-order valence-corrected chi connectivity index (χ1v) is 5.79. The Morgan fingerprint density at radius 3 is 2.76 bits per heavy atom. The molecule has 2 nitrogen and oxygen atoms in total. The van der Waals surface area contributed by atoms with E-state index < -0.39 is 0 Å². The van der Waals surface area contributed by atoms with Crippen molar-refractivity contribution in [3.63, 3.8) is 0 Å². The van der Waals surface area contributed by atoms with E-state index in [-0.39, 0.29) is 0 Å². The average Bonchev–Trinajstić information content (AvgIpc) is 2.39. The molecular formula is C15H17NO. The zero-order chi connectivity index (χ0) is 12.1. The van der Waals surface area contributed by atoms with Crippen LogP contribution in [0.4, 0.5) is 0 Å². The molecule has 17 heavy (non-hydrogen) atoms. The Bertz CT molecular complexity index is 531. The van der Waals surface area contributed by atoms with Crippen LogP contribution in [0, 0.1) is 0 Å². The van der Waals surface area contributed by atoms with Gasteiger partial charge in [0.25, 0.3) is 0 Å². The minimum Gasteiger partial charge on any atom is -0.496 e. The summed E-state index contributed by atoms with van der Waals surface area (Å²) in [6.07, 6.45) is 5.06. The van der Waals surface area contributed by atoms with E-state index in [4.69, 9.17) is 10.5 Å². The van der Waals surface area contributed by atoms with Crippen LogP contribution >= 0.6 is 0 Å². The van der Waals surface area contributed by atoms with Crippen molar-refractivity contribution in [1.82, 2.24) is 0 Å². The van der Waals surface area contributed by atoms with Crippen LogP contribution < -0.4 is 10.5 Å². The van der Waals surface area contributed by atoms with Gasteiger partial charge in [0.2, 0.25) is 0 Å². The van der Waals surface area contributed by atoms with Crippen LogP contribution in [-0.2, 0) is 0 Å². The van der Waals surface area contributed by atoms with Gasteiger partial charge in [-0.05, 0) is 29.8 Å². The highest BCUT2D eigenvalue weighted by molar-refractivity contribution is 5.93. The van der Waals surface area contributed by atoms with Crippen LogP contribution in [0.5, 0.6) is 5.75 Å².